The number of hydrogen-bond donors (Lipinski definition) is 0. The Bertz CT molecular complexity index is 394. The number of rotatable bonds is 0. The molecule has 1 aromatic heterocycles. The maximum Gasteiger partial charge on any atom is 0.209 e. The van der Waals surface area contributed by atoms with Gasteiger partial charge in [-0.3, -0.25) is 0 Å². The second-order valence-corrected chi connectivity index (χ2v) is 2.64. The van der Waals surface area contributed by atoms with Crippen LogP contribution >= 0.6 is 11.8 Å². The fourth-order valence-electron chi connectivity index (χ4n) is 1.09. The first-order valence-corrected chi connectivity index (χ1v) is 3.55. The Labute approximate surface area is 68.1 Å². The number of nitrogens with zero attached hydrogens (tertiary/aromatic N) is 1. The number of halogens is 2. The van der Waals surface area contributed by atoms with Gasteiger partial charge in [-0.05, 0) is 6.07 Å². The van der Waals surface area contributed by atoms with Crippen LogP contribution in [0.4, 0.5) is 4.39 Å². The lowest BCUT2D eigenvalue weighted by Crippen LogP contribution is -1.81. The van der Waals surface area contributed by atoms with Crippen LogP contribution in [0.3, 0.4) is 0 Å². The van der Waals surface area contributed by atoms with E-state index in [4.69, 9.17) is 11.8 Å². The van der Waals surface area contributed by atoms with Crippen LogP contribution in [-0.2, 0) is 0 Å². The van der Waals surface area contributed by atoms with E-state index in [0.717, 1.165) is 9.47 Å². The van der Waals surface area contributed by atoms with E-state index in [2.05, 4.69) is 0 Å². The predicted molar refractivity (Wildman–Crippen MR) is 43.1 cm³/mol. The van der Waals surface area contributed by atoms with E-state index in [-0.39, 0.29) is 0 Å². The fraction of sp³-hybridized carbons (Fsp3) is 0. The molecule has 0 unspecified atom stereocenters. The van der Waals surface area contributed by atoms with Crippen molar-refractivity contribution in [3.8, 4) is 0 Å². The monoisotopic (exact) mass is 169 g/mol. The summed E-state index contributed by atoms with van der Waals surface area (Å²) in [6, 6.07) is 8.66. The molecule has 3 heteroatoms. The van der Waals surface area contributed by atoms with Crippen LogP contribution in [0.5, 0.6) is 0 Å². The van der Waals surface area contributed by atoms with Crippen molar-refractivity contribution in [1.29, 1.82) is 0 Å². The maximum absolute atomic E-state index is 12.8. The predicted octanol–water partition coefficient (Wildman–Crippen LogP) is 2.78. The van der Waals surface area contributed by atoms with Gasteiger partial charge in [-0.15, -0.1) is 0 Å². The Morgan fingerprint density at radius 1 is 1.27 bits per heavy atom. The molecule has 2 aromatic rings. The Hall–Kier alpha value is -1.02. The van der Waals surface area contributed by atoms with E-state index in [1.165, 1.54) is 6.07 Å². The minimum absolute atomic E-state index is 0.423. The molecule has 0 saturated heterocycles. The van der Waals surface area contributed by atoms with Crippen molar-refractivity contribution in [1.82, 2.24) is 4.09 Å². The summed E-state index contributed by atoms with van der Waals surface area (Å²) in [6.07, 6.45) is 0. The first-order valence-electron chi connectivity index (χ1n) is 3.21. The molecule has 0 bridgehead atoms. The SMILES string of the molecule is Fc1cc2ccccc2n1Cl. The molecule has 0 aliphatic carbocycles. The summed E-state index contributed by atoms with van der Waals surface area (Å²) in [6.45, 7) is 0. The summed E-state index contributed by atoms with van der Waals surface area (Å²) in [5.41, 5.74) is 0.701. The molecular formula is C8H5ClFN. The molecule has 1 heterocycles. The minimum atomic E-state index is -0.423. The summed E-state index contributed by atoms with van der Waals surface area (Å²) in [5, 5.41) is 0.819. The fourth-order valence-corrected chi connectivity index (χ4v) is 1.29. The van der Waals surface area contributed by atoms with E-state index in [0.29, 0.717) is 5.52 Å². The molecule has 0 amide bonds. The van der Waals surface area contributed by atoms with Crippen molar-refractivity contribution in [3.05, 3.63) is 36.3 Å². The van der Waals surface area contributed by atoms with Crippen molar-refractivity contribution in [2.75, 3.05) is 0 Å². The summed E-state index contributed by atoms with van der Waals surface area (Å²) in [7, 11) is 0. The lowest BCUT2D eigenvalue weighted by molar-refractivity contribution is 0.581. The summed E-state index contributed by atoms with van der Waals surface area (Å²) in [5.74, 6) is -0.423. The molecule has 0 radical (unpaired) electrons. The smallest absolute Gasteiger partial charge is 0.209 e. The lowest BCUT2D eigenvalue weighted by atomic mass is 10.3. The van der Waals surface area contributed by atoms with Crippen LogP contribution in [-0.4, -0.2) is 4.09 Å². The second kappa shape index (κ2) is 2.24. The molecule has 11 heavy (non-hydrogen) atoms. The zero-order chi connectivity index (χ0) is 7.84. The van der Waals surface area contributed by atoms with E-state index >= 15 is 0 Å². The Morgan fingerprint density at radius 2 is 2.00 bits per heavy atom. The molecule has 1 nitrogen and oxygen atoms in total. The van der Waals surface area contributed by atoms with Gasteiger partial charge in [0.05, 0.1) is 5.52 Å². The first-order chi connectivity index (χ1) is 5.29. The molecule has 2 rings (SSSR count). The quantitative estimate of drug-likeness (QED) is 0.572. The van der Waals surface area contributed by atoms with Gasteiger partial charge in [0.1, 0.15) is 0 Å². The highest BCUT2D eigenvalue weighted by Gasteiger charge is 2.03. The number of benzene rings is 1. The Kier molecular flexibility index (Phi) is 1.36. The lowest BCUT2D eigenvalue weighted by Gasteiger charge is -1.90. The molecule has 0 atom stereocenters. The van der Waals surface area contributed by atoms with E-state index in [1.54, 1.807) is 6.07 Å². The standard InChI is InChI=1S/C8H5ClFN/c9-11-7-4-2-1-3-6(7)5-8(11)10/h1-5H. The highest BCUT2D eigenvalue weighted by molar-refractivity contribution is 6.19. The van der Waals surface area contributed by atoms with Gasteiger partial charge in [0, 0.05) is 23.2 Å². The second-order valence-electron chi connectivity index (χ2n) is 2.31. The van der Waals surface area contributed by atoms with Crippen LogP contribution in [0.2, 0.25) is 0 Å². The van der Waals surface area contributed by atoms with Crippen molar-refractivity contribution >= 4 is 22.7 Å². The Morgan fingerprint density at radius 3 is 2.73 bits per heavy atom. The topological polar surface area (TPSA) is 4.93 Å². The Balaban J connectivity index is 2.92. The van der Waals surface area contributed by atoms with Crippen LogP contribution in [0.15, 0.2) is 30.3 Å². The molecule has 0 aliphatic rings. The highest BCUT2D eigenvalue weighted by atomic mass is 35.5. The van der Waals surface area contributed by atoms with Crippen molar-refractivity contribution in [2.24, 2.45) is 0 Å². The van der Waals surface area contributed by atoms with Gasteiger partial charge >= 0.3 is 0 Å². The average molecular weight is 170 g/mol. The number of hydrogen-bond acceptors (Lipinski definition) is 0. The third kappa shape index (κ3) is 0.906. The zero-order valence-electron chi connectivity index (χ0n) is 5.59. The minimum Gasteiger partial charge on any atom is -0.227 e. The van der Waals surface area contributed by atoms with E-state index in [1.807, 2.05) is 18.2 Å². The maximum atomic E-state index is 12.8. The normalized spacial score (nSPS) is 10.7. The van der Waals surface area contributed by atoms with Gasteiger partial charge < -0.3 is 0 Å². The van der Waals surface area contributed by atoms with Crippen LogP contribution in [0.25, 0.3) is 10.9 Å². The summed E-state index contributed by atoms with van der Waals surface area (Å²) in [4.78, 5) is 0. The largest absolute Gasteiger partial charge is 0.227 e. The van der Waals surface area contributed by atoms with Gasteiger partial charge in [0.2, 0.25) is 5.95 Å². The van der Waals surface area contributed by atoms with Gasteiger partial charge in [0.25, 0.3) is 0 Å². The molecule has 0 spiro atoms. The molecule has 1 aromatic carbocycles. The first kappa shape index (κ1) is 6.68. The third-order valence-corrected chi connectivity index (χ3v) is 1.95. The molecule has 56 valence electrons. The third-order valence-electron chi connectivity index (χ3n) is 1.61. The van der Waals surface area contributed by atoms with E-state index in [9.17, 15) is 4.39 Å². The van der Waals surface area contributed by atoms with Crippen molar-refractivity contribution in [3.63, 3.8) is 0 Å². The van der Waals surface area contributed by atoms with Gasteiger partial charge in [-0.1, -0.05) is 18.2 Å². The van der Waals surface area contributed by atoms with Gasteiger partial charge in [0.15, 0.2) is 0 Å². The number of aromatic nitrogens is 1. The molecule has 0 aliphatic heterocycles. The molecule has 0 fully saturated rings. The average Bonchev–Trinajstić information content (AvgIpc) is 2.30. The summed E-state index contributed by atoms with van der Waals surface area (Å²) >= 11 is 5.58. The van der Waals surface area contributed by atoms with Gasteiger partial charge in [-0.25, -0.2) is 4.09 Å². The number of para-hydroxylation sites is 1. The van der Waals surface area contributed by atoms with Gasteiger partial charge in [-0.2, -0.15) is 4.39 Å². The van der Waals surface area contributed by atoms with Crippen LogP contribution in [0, 0.1) is 5.95 Å². The van der Waals surface area contributed by atoms with Crippen molar-refractivity contribution < 1.29 is 4.39 Å². The summed E-state index contributed by atoms with van der Waals surface area (Å²) < 4.78 is 13.8. The molecule has 0 saturated carbocycles. The van der Waals surface area contributed by atoms with Crippen molar-refractivity contribution in [2.45, 2.75) is 0 Å². The number of fused-ring (bicyclic) bond motifs is 1. The van der Waals surface area contributed by atoms with Crippen LogP contribution in [0.1, 0.15) is 0 Å². The molecule has 0 N–H and O–H groups in total. The van der Waals surface area contributed by atoms with Crippen LogP contribution < -0.4 is 0 Å². The molecular weight excluding hydrogens is 165 g/mol. The highest BCUT2D eigenvalue weighted by Crippen LogP contribution is 2.18. The van der Waals surface area contributed by atoms with E-state index < -0.39 is 5.95 Å². The zero-order valence-corrected chi connectivity index (χ0v) is 6.35.